The maximum Gasteiger partial charge on any atom is 0.261 e. The van der Waals surface area contributed by atoms with Gasteiger partial charge in [0.25, 0.3) is 15.9 Å². The van der Waals surface area contributed by atoms with Crippen molar-refractivity contribution in [2.75, 3.05) is 18.4 Å². The first kappa shape index (κ1) is 24.3. The van der Waals surface area contributed by atoms with Crippen molar-refractivity contribution >= 4 is 21.6 Å². The molecule has 0 saturated carbocycles. The summed E-state index contributed by atoms with van der Waals surface area (Å²) in [6.45, 7) is 3.69. The van der Waals surface area contributed by atoms with E-state index in [9.17, 15) is 18.3 Å². The topological polar surface area (TPSA) is 105 Å². The zero-order valence-corrected chi connectivity index (χ0v) is 19.6. The van der Waals surface area contributed by atoms with Crippen LogP contribution < -0.4 is 14.8 Å². The van der Waals surface area contributed by atoms with Crippen LogP contribution in [0.2, 0.25) is 0 Å². The second-order valence-electron chi connectivity index (χ2n) is 7.74. The Morgan fingerprint density at radius 2 is 1.64 bits per heavy atom. The maximum atomic E-state index is 12.8. The number of aliphatic hydroxyl groups excluding tert-OH is 1. The van der Waals surface area contributed by atoms with Crippen molar-refractivity contribution in [2.45, 2.75) is 31.2 Å². The third-order valence-electron chi connectivity index (χ3n) is 5.43. The molecule has 0 aliphatic rings. The average Bonchev–Trinajstić information content (AvgIpc) is 2.80. The normalized spacial score (nSPS) is 12.1. The molecule has 0 fully saturated rings. The van der Waals surface area contributed by atoms with Gasteiger partial charge < -0.3 is 15.2 Å². The minimum absolute atomic E-state index is 0.0871. The van der Waals surface area contributed by atoms with Crippen LogP contribution in [0.25, 0.3) is 0 Å². The summed E-state index contributed by atoms with van der Waals surface area (Å²) in [5, 5.41) is 12.3. The second kappa shape index (κ2) is 10.5. The molecule has 0 spiro atoms. The highest BCUT2D eigenvalue weighted by Crippen LogP contribution is 2.22. The molecule has 0 heterocycles. The Balaban J connectivity index is 1.71. The highest BCUT2D eigenvalue weighted by Gasteiger charge is 2.17. The van der Waals surface area contributed by atoms with Crippen molar-refractivity contribution in [3.63, 3.8) is 0 Å². The summed E-state index contributed by atoms with van der Waals surface area (Å²) < 4.78 is 33.1. The summed E-state index contributed by atoms with van der Waals surface area (Å²) in [4.78, 5) is 12.9. The van der Waals surface area contributed by atoms with Crippen LogP contribution in [-0.2, 0) is 10.0 Å². The molecular formula is C25H28N2O5S. The number of rotatable bonds is 9. The lowest BCUT2D eigenvalue weighted by Crippen LogP contribution is -2.29. The van der Waals surface area contributed by atoms with Gasteiger partial charge in [0, 0.05) is 17.9 Å². The van der Waals surface area contributed by atoms with Crippen LogP contribution in [0, 0.1) is 13.8 Å². The van der Waals surface area contributed by atoms with E-state index < -0.39 is 10.0 Å². The molecule has 1 atom stereocenters. The van der Waals surface area contributed by atoms with Gasteiger partial charge in [-0.15, -0.1) is 0 Å². The third-order valence-corrected chi connectivity index (χ3v) is 6.81. The van der Waals surface area contributed by atoms with Gasteiger partial charge in [-0.2, -0.15) is 0 Å². The number of aryl methyl sites for hydroxylation is 2. The van der Waals surface area contributed by atoms with E-state index in [-0.39, 0.29) is 23.5 Å². The lowest BCUT2D eigenvalue weighted by Gasteiger charge is -2.19. The predicted octanol–water partition coefficient (Wildman–Crippen LogP) is 3.97. The number of carbonyl (C=O) groups is 1. The van der Waals surface area contributed by atoms with Gasteiger partial charge in [0.05, 0.1) is 18.0 Å². The molecule has 174 valence electrons. The Bertz CT molecular complexity index is 1210. The van der Waals surface area contributed by atoms with Gasteiger partial charge in [0.2, 0.25) is 0 Å². The SMILES string of the molecule is COc1ccc(C(CCO)NC(=O)c2ccc(NS(=O)(=O)c3ccc(C)c(C)c3)cc2)cc1. The van der Waals surface area contributed by atoms with Crippen molar-refractivity contribution in [3.05, 3.63) is 89.0 Å². The largest absolute Gasteiger partial charge is 0.497 e. The zero-order valence-electron chi connectivity index (χ0n) is 18.8. The van der Waals surface area contributed by atoms with E-state index in [4.69, 9.17) is 4.74 Å². The van der Waals surface area contributed by atoms with E-state index in [1.54, 1.807) is 61.7 Å². The smallest absolute Gasteiger partial charge is 0.261 e. The van der Waals surface area contributed by atoms with Crippen LogP contribution in [0.5, 0.6) is 5.75 Å². The van der Waals surface area contributed by atoms with Gasteiger partial charge >= 0.3 is 0 Å². The van der Waals surface area contributed by atoms with E-state index in [0.717, 1.165) is 16.7 Å². The molecule has 33 heavy (non-hydrogen) atoms. The van der Waals surface area contributed by atoms with Crippen molar-refractivity contribution < 1.29 is 23.1 Å². The fourth-order valence-corrected chi connectivity index (χ4v) is 4.46. The first-order valence-corrected chi connectivity index (χ1v) is 12.0. The van der Waals surface area contributed by atoms with Crippen LogP contribution in [0.4, 0.5) is 5.69 Å². The summed E-state index contributed by atoms with van der Waals surface area (Å²) in [7, 11) is -2.17. The number of amides is 1. The number of hydrogen-bond donors (Lipinski definition) is 3. The van der Waals surface area contributed by atoms with E-state index in [1.807, 2.05) is 26.0 Å². The van der Waals surface area contributed by atoms with Crippen molar-refractivity contribution in [1.29, 1.82) is 0 Å². The molecule has 1 unspecified atom stereocenters. The molecule has 0 bridgehead atoms. The van der Waals surface area contributed by atoms with Gasteiger partial charge in [-0.25, -0.2) is 8.42 Å². The standard InChI is InChI=1S/C25H28N2O5S/c1-17-4-13-23(16-18(17)2)33(30,31)27-21-9-5-20(6-10-21)25(29)26-24(14-15-28)19-7-11-22(32-3)12-8-19/h4-13,16,24,27-28H,14-15H2,1-3H3,(H,26,29). The summed E-state index contributed by atoms with van der Waals surface area (Å²) in [6.07, 6.45) is 0.353. The number of ether oxygens (including phenoxy) is 1. The summed E-state index contributed by atoms with van der Waals surface area (Å²) in [5.74, 6) is 0.375. The Hall–Kier alpha value is -3.36. The van der Waals surface area contributed by atoms with Crippen molar-refractivity contribution in [3.8, 4) is 5.75 Å². The average molecular weight is 469 g/mol. The van der Waals surface area contributed by atoms with E-state index in [2.05, 4.69) is 10.0 Å². The molecule has 0 saturated heterocycles. The summed E-state index contributed by atoms with van der Waals surface area (Å²) in [6, 6.07) is 18.0. The van der Waals surface area contributed by atoms with Crippen molar-refractivity contribution in [2.24, 2.45) is 0 Å². The van der Waals surface area contributed by atoms with Gasteiger partial charge in [-0.05, 0) is 85.5 Å². The van der Waals surface area contributed by atoms with Crippen LogP contribution in [-0.4, -0.2) is 33.1 Å². The number of nitrogens with one attached hydrogen (secondary N) is 2. The molecule has 7 nitrogen and oxygen atoms in total. The molecule has 1 amide bonds. The molecule has 0 aliphatic carbocycles. The molecule has 3 N–H and O–H groups in total. The summed E-state index contributed by atoms with van der Waals surface area (Å²) in [5.41, 5.74) is 3.47. The van der Waals surface area contributed by atoms with Gasteiger partial charge in [-0.1, -0.05) is 18.2 Å². The molecule has 0 radical (unpaired) electrons. The van der Waals surface area contributed by atoms with Gasteiger partial charge in [0.1, 0.15) is 5.75 Å². The number of anilines is 1. The molecule has 0 aromatic heterocycles. The van der Waals surface area contributed by atoms with E-state index in [0.29, 0.717) is 23.4 Å². The Morgan fingerprint density at radius 1 is 0.970 bits per heavy atom. The minimum Gasteiger partial charge on any atom is -0.497 e. The Morgan fingerprint density at radius 3 is 2.21 bits per heavy atom. The molecule has 3 aromatic rings. The van der Waals surface area contributed by atoms with E-state index in [1.165, 1.54) is 0 Å². The van der Waals surface area contributed by atoms with Crippen LogP contribution in [0.3, 0.4) is 0 Å². The maximum absolute atomic E-state index is 12.8. The molecular weight excluding hydrogens is 440 g/mol. The van der Waals surface area contributed by atoms with E-state index >= 15 is 0 Å². The fraction of sp³-hybridized carbons (Fsp3) is 0.240. The Labute approximate surface area is 194 Å². The first-order valence-electron chi connectivity index (χ1n) is 10.5. The molecule has 3 rings (SSSR count). The Kier molecular flexibility index (Phi) is 7.73. The minimum atomic E-state index is -3.74. The van der Waals surface area contributed by atoms with Gasteiger partial charge in [0.15, 0.2) is 0 Å². The van der Waals surface area contributed by atoms with Gasteiger partial charge in [-0.3, -0.25) is 9.52 Å². The van der Waals surface area contributed by atoms with Crippen LogP contribution in [0.15, 0.2) is 71.6 Å². The molecule has 3 aromatic carbocycles. The van der Waals surface area contributed by atoms with Crippen molar-refractivity contribution in [1.82, 2.24) is 5.32 Å². The monoisotopic (exact) mass is 468 g/mol. The van der Waals surface area contributed by atoms with Crippen LogP contribution >= 0.6 is 0 Å². The number of aliphatic hydroxyl groups is 1. The van der Waals surface area contributed by atoms with Crippen LogP contribution in [0.1, 0.15) is 39.5 Å². The second-order valence-corrected chi connectivity index (χ2v) is 9.42. The third kappa shape index (κ3) is 6.12. The predicted molar refractivity (Wildman–Crippen MR) is 128 cm³/mol. The quantitative estimate of drug-likeness (QED) is 0.441. The lowest BCUT2D eigenvalue weighted by atomic mass is 10.0. The molecule has 8 heteroatoms. The highest BCUT2D eigenvalue weighted by atomic mass is 32.2. The number of carbonyl (C=O) groups excluding carboxylic acids is 1. The zero-order chi connectivity index (χ0) is 24.0. The lowest BCUT2D eigenvalue weighted by molar-refractivity contribution is 0.0930. The number of benzene rings is 3. The fourth-order valence-electron chi connectivity index (χ4n) is 3.31. The number of sulfonamides is 1. The summed E-state index contributed by atoms with van der Waals surface area (Å²) >= 11 is 0. The number of methoxy groups -OCH3 is 1. The molecule has 0 aliphatic heterocycles. The number of hydrogen-bond acceptors (Lipinski definition) is 5. The highest BCUT2D eigenvalue weighted by molar-refractivity contribution is 7.92. The first-order chi connectivity index (χ1) is 15.7.